The van der Waals surface area contributed by atoms with Gasteiger partial charge in [-0.2, -0.15) is 0 Å². The molecule has 4 rings (SSSR count). The number of halogens is 1. The molecule has 0 saturated carbocycles. The molecule has 0 bridgehead atoms. The summed E-state index contributed by atoms with van der Waals surface area (Å²) in [5.74, 6) is 0.230. The standard InChI is InChI=1S/C19H15FN4O2/c1-13-2-4-14(5-3-13)12-24-19(25)23-11-10-21-18(17(23)22-24)26-16-8-6-15(20)7-9-16/h2-11H,12H2,1H3. The van der Waals surface area contributed by atoms with E-state index in [2.05, 4.69) is 10.1 Å². The van der Waals surface area contributed by atoms with Crippen LogP contribution in [-0.4, -0.2) is 19.2 Å². The zero-order valence-corrected chi connectivity index (χ0v) is 14.0. The molecule has 26 heavy (non-hydrogen) atoms. The number of benzene rings is 2. The number of ether oxygens (including phenoxy) is 1. The SMILES string of the molecule is Cc1ccc(Cn2nc3c(Oc4ccc(F)cc4)nccn3c2=O)cc1. The van der Waals surface area contributed by atoms with Crippen LogP contribution in [0, 0.1) is 12.7 Å². The van der Waals surface area contributed by atoms with Gasteiger partial charge < -0.3 is 4.74 Å². The van der Waals surface area contributed by atoms with Crippen molar-refractivity contribution in [2.45, 2.75) is 13.5 Å². The molecule has 0 spiro atoms. The summed E-state index contributed by atoms with van der Waals surface area (Å²) in [6.07, 6.45) is 3.00. The molecule has 0 radical (unpaired) electrons. The summed E-state index contributed by atoms with van der Waals surface area (Å²) in [6.45, 7) is 2.35. The van der Waals surface area contributed by atoms with Crippen molar-refractivity contribution in [3.05, 3.63) is 88.4 Å². The van der Waals surface area contributed by atoms with E-state index in [0.717, 1.165) is 11.1 Å². The van der Waals surface area contributed by atoms with E-state index in [1.807, 2.05) is 31.2 Å². The lowest BCUT2D eigenvalue weighted by atomic mass is 10.1. The maximum absolute atomic E-state index is 13.0. The normalized spacial score (nSPS) is 11.0. The predicted molar refractivity (Wildman–Crippen MR) is 94.0 cm³/mol. The number of hydrogen-bond donors (Lipinski definition) is 0. The fourth-order valence-corrected chi connectivity index (χ4v) is 2.58. The first-order valence-electron chi connectivity index (χ1n) is 8.03. The van der Waals surface area contributed by atoms with E-state index < -0.39 is 0 Å². The number of hydrogen-bond acceptors (Lipinski definition) is 4. The molecule has 0 amide bonds. The van der Waals surface area contributed by atoms with Crippen molar-refractivity contribution >= 4 is 5.65 Å². The monoisotopic (exact) mass is 350 g/mol. The van der Waals surface area contributed by atoms with Gasteiger partial charge in [0.25, 0.3) is 5.88 Å². The van der Waals surface area contributed by atoms with Crippen LogP contribution in [0.4, 0.5) is 4.39 Å². The molecular weight excluding hydrogens is 335 g/mol. The number of aryl methyl sites for hydroxylation is 1. The summed E-state index contributed by atoms with van der Waals surface area (Å²) in [6, 6.07) is 13.4. The van der Waals surface area contributed by atoms with Crippen LogP contribution in [-0.2, 0) is 6.54 Å². The molecule has 0 N–H and O–H groups in total. The maximum Gasteiger partial charge on any atom is 0.350 e. The largest absolute Gasteiger partial charge is 0.436 e. The van der Waals surface area contributed by atoms with Crippen molar-refractivity contribution in [1.82, 2.24) is 19.2 Å². The molecular formula is C19H15FN4O2. The van der Waals surface area contributed by atoms with Crippen LogP contribution in [0.5, 0.6) is 11.6 Å². The third-order valence-corrected chi connectivity index (χ3v) is 3.95. The molecule has 130 valence electrons. The molecule has 0 atom stereocenters. The zero-order chi connectivity index (χ0) is 18.1. The van der Waals surface area contributed by atoms with Crippen LogP contribution in [0.2, 0.25) is 0 Å². The van der Waals surface area contributed by atoms with Gasteiger partial charge in [0.1, 0.15) is 11.6 Å². The highest BCUT2D eigenvalue weighted by atomic mass is 19.1. The van der Waals surface area contributed by atoms with E-state index in [-0.39, 0.29) is 17.4 Å². The van der Waals surface area contributed by atoms with Gasteiger partial charge in [-0.1, -0.05) is 29.8 Å². The Kier molecular flexibility index (Phi) is 3.96. The molecule has 0 aliphatic carbocycles. The Balaban J connectivity index is 1.71. The Labute approximate surface area is 148 Å². The van der Waals surface area contributed by atoms with E-state index >= 15 is 0 Å². The Morgan fingerprint density at radius 2 is 1.81 bits per heavy atom. The second kappa shape index (κ2) is 6.44. The van der Waals surface area contributed by atoms with Crippen molar-refractivity contribution in [2.24, 2.45) is 0 Å². The van der Waals surface area contributed by atoms with Crippen LogP contribution in [0.3, 0.4) is 0 Å². The van der Waals surface area contributed by atoms with Gasteiger partial charge in [-0.05, 0) is 36.8 Å². The van der Waals surface area contributed by atoms with Crippen LogP contribution in [0.15, 0.2) is 65.7 Å². The molecule has 7 heteroatoms. The molecule has 6 nitrogen and oxygen atoms in total. The summed E-state index contributed by atoms with van der Waals surface area (Å²) >= 11 is 0. The lowest BCUT2D eigenvalue weighted by Gasteiger charge is -2.04. The number of nitrogens with zero attached hydrogens (tertiary/aromatic N) is 4. The predicted octanol–water partition coefficient (Wildman–Crippen LogP) is 3.18. The summed E-state index contributed by atoms with van der Waals surface area (Å²) in [5.41, 5.74) is 2.13. The lowest BCUT2D eigenvalue weighted by molar-refractivity contribution is 0.462. The van der Waals surface area contributed by atoms with Crippen molar-refractivity contribution in [3.63, 3.8) is 0 Å². The third-order valence-electron chi connectivity index (χ3n) is 3.95. The molecule has 0 aliphatic heterocycles. The first kappa shape index (κ1) is 16.0. The van der Waals surface area contributed by atoms with Crippen LogP contribution >= 0.6 is 0 Å². The van der Waals surface area contributed by atoms with Crippen molar-refractivity contribution in [2.75, 3.05) is 0 Å². The maximum atomic E-state index is 13.0. The molecule has 2 aromatic heterocycles. The van der Waals surface area contributed by atoms with Crippen LogP contribution in [0.25, 0.3) is 5.65 Å². The first-order chi connectivity index (χ1) is 12.6. The Morgan fingerprint density at radius 3 is 2.54 bits per heavy atom. The van der Waals surface area contributed by atoms with Gasteiger partial charge >= 0.3 is 5.69 Å². The number of rotatable bonds is 4. The molecule has 0 aliphatic rings. The molecule has 2 heterocycles. The molecule has 0 unspecified atom stereocenters. The minimum Gasteiger partial charge on any atom is -0.436 e. The van der Waals surface area contributed by atoms with Crippen molar-refractivity contribution in [3.8, 4) is 11.6 Å². The number of fused-ring (bicyclic) bond motifs is 1. The first-order valence-corrected chi connectivity index (χ1v) is 8.03. The quantitative estimate of drug-likeness (QED) is 0.567. The van der Waals surface area contributed by atoms with Gasteiger partial charge in [-0.15, -0.1) is 5.10 Å². The highest BCUT2D eigenvalue weighted by molar-refractivity contribution is 5.49. The topological polar surface area (TPSA) is 61.4 Å². The van der Waals surface area contributed by atoms with E-state index in [9.17, 15) is 9.18 Å². The van der Waals surface area contributed by atoms with Crippen LogP contribution < -0.4 is 10.4 Å². The lowest BCUT2D eigenvalue weighted by Crippen LogP contribution is -2.21. The highest BCUT2D eigenvalue weighted by Gasteiger charge is 2.14. The Hall–Kier alpha value is -3.48. The minimum absolute atomic E-state index is 0.180. The molecule has 2 aromatic carbocycles. The summed E-state index contributed by atoms with van der Waals surface area (Å²) in [4.78, 5) is 16.7. The molecule has 0 saturated heterocycles. The van der Waals surface area contributed by atoms with Gasteiger partial charge in [0.15, 0.2) is 0 Å². The van der Waals surface area contributed by atoms with Gasteiger partial charge in [0, 0.05) is 12.4 Å². The van der Waals surface area contributed by atoms with E-state index in [1.54, 1.807) is 0 Å². The van der Waals surface area contributed by atoms with E-state index in [0.29, 0.717) is 17.9 Å². The summed E-state index contributed by atoms with van der Waals surface area (Å²) < 4.78 is 21.4. The van der Waals surface area contributed by atoms with Crippen molar-refractivity contribution < 1.29 is 9.13 Å². The second-order valence-electron chi connectivity index (χ2n) is 5.91. The van der Waals surface area contributed by atoms with Gasteiger partial charge in [-0.3, -0.25) is 0 Å². The third kappa shape index (κ3) is 3.06. The number of aromatic nitrogens is 4. The summed E-state index contributed by atoms with van der Waals surface area (Å²) in [5, 5.41) is 4.35. The molecule has 0 fully saturated rings. The highest BCUT2D eigenvalue weighted by Crippen LogP contribution is 2.22. The van der Waals surface area contributed by atoms with Gasteiger partial charge in [0.2, 0.25) is 5.65 Å². The fraction of sp³-hybridized carbons (Fsp3) is 0.105. The van der Waals surface area contributed by atoms with Crippen molar-refractivity contribution in [1.29, 1.82) is 0 Å². The minimum atomic E-state index is -0.359. The Morgan fingerprint density at radius 1 is 1.08 bits per heavy atom. The van der Waals surface area contributed by atoms with E-state index in [4.69, 9.17) is 4.74 Å². The average Bonchev–Trinajstić information content (AvgIpc) is 2.96. The van der Waals surface area contributed by atoms with E-state index in [1.165, 1.54) is 45.7 Å². The smallest absolute Gasteiger partial charge is 0.350 e. The summed E-state index contributed by atoms with van der Waals surface area (Å²) in [7, 11) is 0. The average molecular weight is 350 g/mol. The fourth-order valence-electron chi connectivity index (χ4n) is 2.58. The Bertz CT molecular complexity index is 1120. The molecule has 4 aromatic rings. The zero-order valence-electron chi connectivity index (χ0n) is 14.0. The van der Waals surface area contributed by atoms with Gasteiger partial charge in [0.05, 0.1) is 6.54 Å². The van der Waals surface area contributed by atoms with Gasteiger partial charge in [-0.25, -0.2) is 23.3 Å². The van der Waals surface area contributed by atoms with Crippen LogP contribution in [0.1, 0.15) is 11.1 Å². The second-order valence-corrected chi connectivity index (χ2v) is 5.91.